The first-order chi connectivity index (χ1) is 12.6. The number of methoxy groups -OCH3 is 1. The standard InChI is InChI=1S/C18H16N4O4/c1-12(17(23)13-5-9-16(25-2)10-6-13)26-18(24)14-3-7-15(8-4-14)22-11-19-20-21-22/h3-12H,1-2H3/t12-/m1/s1. The molecular formula is C18H16N4O4. The Kier molecular flexibility index (Phi) is 5.02. The molecule has 0 aliphatic heterocycles. The first kappa shape index (κ1) is 17.3. The summed E-state index contributed by atoms with van der Waals surface area (Å²) in [7, 11) is 1.55. The smallest absolute Gasteiger partial charge is 0.338 e. The molecule has 1 atom stereocenters. The number of aromatic nitrogens is 4. The molecule has 0 saturated heterocycles. The van der Waals surface area contributed by atoms with Crippen LogP contribution >= 0.6 is 0 Å². The zero-order chi connectivity index (χ0) is 18.5. The van der Waals surface area contributed by atoms with Crippen LogP contribution in [-0.2, 0) is 4.74 Å². The number of hydrogen-bond donors (Lipinski definition) is 0. The van der Waals surface area contributed by atoms with E-state index in [0.29, 0.717) is 22.6 Å². The second-order valence-electron chi connectivity index (χ2n) is 5.44. The van der Waals surface area contributed by atoms with Crippen molar-refractivity contribution in [2.24, 2.45) is 0 Å². The molecule has 0 aliphatic rings. The number of nitrogens with zero attached hydrogens (tertiary/aromatic N) is 4. The Bertz CT molecular complexity index is 890. The van der Waals surface area contributed by atoms with Gasteiger partial charge in [-0.15, -0.1) is 5.10 Å². The molecule has 3 aromatic rings. The summed E-state index contributed by atoms with van der Waals surface area (Å²) in [6.07, 6.45) is 0.540. The number of carbonyl (C=O) groups is 2. The van der Waals surface area contributed by atoms with E-state index in [2.05, 4.69) is 15.5 Å². The Hall–Kier alpha value is -3.55. The van der Waals surface area contributed by atoms with Crippen LogP contribution in [0.4, 0.5) is 0 Å². The number of ether oxygens (including phenoxy) is 2. The molecule has 0 saturated carbocycles. The average molecular weight is 352 g/mol. The number of carbonyl (C=O) groups excluding carboxylic acids is 2. The molecule has 2 aromatic carbocycles. The molecule has 0 aliphatic carbocycles. The van der Waals surface area contributed by atoms with Crippen LogP contribution in [0.2, 0.25) is 0 Å². The zero-order valence-electron chi connectivity index (χ0n) is 14.2. The van der Waals surface area contributed by atoms with Gasteiger partial charge in [0.15, 0.2) is 6.10 Å². The highest BCUT2D eigenvalue weighted by Gasteiger charge is 2.20. The molecular weight excluding hydrogens is 336 g/mol. The molecule has 0 unspecified atom stereocenters. The molecule has 0 amide bonds. The van der Waals surface area contributed by atoms with Gasteiger partial charge in [-0.05, 0) is 65.9 Å². The van der Waals surface area contributed by atoms with Crippen LogP contribution in [0, 0.1) is 0 Å². The second kappa shape index (κ2) is 7.56. The first-order valence-electron chi connectivity index (χ1n) is 7.81. The van der Waals surface area contributed by atoms with Crippen molar-refractivity contribution in [2.45, 2.75) is 13.0 Å². The minimum Gasteiger partial charge on any atom is -0.497 e. The Morgan fingerprint density at radius 3 is 2.23 bits per heavy atom. The highest BCUT2D eigenvalue weighted by molar-refractivity contribution is 6.01. The summed E-state index contributed by atoms with van der Waals surface area (Å²) in [5, 5.41) is 10.9. The van der Waals surface area contributed by atoms with Crippen molar-refractivity contribution in [3.8, 4) is 11.4 Å². The Labute approximate surface area is 149 Å². The molecule has 0 N–H and O–H groups in total. The first-order valence-corrected chi connectivity index (χ1v) is 7.81. The van der Waals surface area contributed by atoms with Crippen molar-refractivity contribution in [2.75, 3.05) is 7.11 Å². The van der Waals surface area contributed by atoms with E-state index in [1.807, 2.05) is 0 Å². The maximum atomic E-state index is 12.4. The van der Waals surface area contributed by atoms with Crippen LogP contribution in [0.15, 0.2) is 54.9 Å². The van der Waals surface area contributed by atoms with Gasteiger partial charge in [0.2, 0.25) is 5.78 Å². The van der Waals surface area contributed by atoms with Crippen LogP contribution in [-0.4, -0.2) is 45.2 Å². The molecule has 0 bridgehead atoms. The summed E-state index contributed by atoms with van der Waals surface area (Å²) in [6.45, 7) is 1.54. The maximum Gasteiger partial charge on any atom is 0.338 e. The Morgan fingerprint density at radius 2 is 1.65 bits per heavy atom. The Balaban J connectivity index is 1.65. The third-order valence-corrected chi connectivity index (χ3v) is 3.74. The molecule has 0 fully saturated rings. The van der Waals surface area contributed by atoms with Gasteiger partial charge < -0.3 is 9.47 Å². The molecule has 1 aromatic heterocycles. The van der Waals surface area contributed by atoms with Gasteiger partial charge in [0.05, 0.1) is 18.4 Å². The molecule has 26 heavy (non-hydrogen) atoms. The predicted molar refractivity (Wildman–Crippen MR) is 91.4 cm³/mol. The predicted octanol–water partition coefficient (Wildman–Crippen LogP) is 2.10. The number of rotatable bonds is 6. The van der Waals surface area contributed by atoms with Crippen LogP contribution in [0.25, 0.3) is 5.69 Å². The van der Waals surface area contributed by atoms with Gasteiger partial charge in [-0.3, -0.25) is 4.79 Å². The molecule has 1 heterocycles. The molecule has 132 valence electrons. The van der Waals surface area contributed by atoms with E-state index in [0.717, 1.165) is 0 Å². The van der Waals surface area contributed by atoms with Gasteiger partial charge in [-0.2, -0.15) is 0 Å². The summed E-state index contributed by atoms with van der Waals surface area (Å²) in [4.78, 5) is 24.6. The highest BCUT2D eigenvalue weighted by Crippen LogP contribution is 2.15. The molecule has 0 spiro atoms. The minimum absolute atomic E-state index is 0.286. The number of Topliss-reactive ketones (excluding diaryl/α,β-unsaturated/α-hetero) is 1. The van der Waals surface area contributed by atoms with Crippen LogP contribution in [0.5, 0.6) is 5.75 Å². The van der Waals surface area contributed by atoms with E-state index < -0.39 is 12.1 Å². The zero-order valence-corrected chi connectivity index (χ0v) is 14.2. The van der Waals surface area contributed by atoms with Crippen molar-refractivity contribution in [3.63, 3.8) is 0 Å². The van der Waals surface area contributed by atoms with Crippen molar-refractivity contribution in [1.29, 1.82) is 0 Å². The average Bonchev–Trinajstić information content (AvgIpc) is 3.22. The van der Waals surface area contributed by atoms with Gasteiger partial charge in [0.25, 0.3) is 0 Å². The van der Waals surface area contributed by atoms with Crippen LogP contribution in [0.1, 0.15) is 27.6 Å². The maximum absolute atomic E-state index is 12.4. The topological polar surface area (TPSA) is 96.2 Å². The molecule has 8 heteroatoms. The lowest BCUT2D eigenvalue weighted by Gasteiger charge is -2.13. The summed E-state index contributed by atoms with van der Waals surface area (Å²) in [5.41, 5.74) is 1.48. The number of tetrazole rings is 1. The monoisotopic (exact) mass is 352 g/mol. The van der Waals surface area contributed by atoms with Crippen molar-refractivity contribution < 1.29 is 19.1 Å². The lowest BCUT2D eigenvalue weighted by atomic mass is 10.1. The Morgan fingerprint density at radius 1 is 1.00 bits per heavy atom. The second-order valence-corrected chi connectivity index (χ2v) is 5.44. The van der Waals surface area contributed by atoms with E-state index in [-0.39, 0.29) is 5.78 Å². The molecule has 3 rings (SSSR count). The lowest BCUT2D eigenvalue weighted by molar-refractivity contribution is 0.0319. The highest BCUT2D eigenvalue weighted by atomic mass is 16.5. The van der Waals surface area contributed by atoms with E-state index in [4.69, 9.17) is 9.47 Å². The SMILES string of the molecule is COc1ccc(C(=O)[C@@H](C)OC(=O)c2ccc(-n3cnnn3)cc2)cc1. The van der Waals surface area contributed by atoms with Crippen molar-refractivity contribution in [3.05, 3.63) is 66.0 Å². The van der Waals surface area contributed by atoms with Gasteiger partial charge in [0, 0.05) is 5.56 Å². The van der Waals surface area contributed by atoms with Crippen LogP contribution < -0.4 is 4.74 Å². The third-order valence-electron chi connectivity index (χ3n) is 3.74. The van der Waals surface area contributed by atoms with Crippen molar-refractivity contribution >= 4 is 11.8 Å². The van der Waals surface area contributed by atoms with Crippen molar-refractivity contribution in [1.82, 2.24) is 20.2 Å². The number of hydrogen-bond acceptors (Lipinski definition) is 7. The fourth-order valence-electron chi connectivity index (χ4n) is 2.30. The fourth-order valence-corrected chi connectivity index (χ4v) is 2.30. The molecule has 0 radical (unpaired) electrons. The van der Waals surface area contributed by atoms with Gasteiger partial charge >= 0.3 is 5.97 Å². The summed E-state index contributed by atoms with van der Waals surface area (Å²) < 4.78 is 11.8. The molecule has 8 nitrogen and oxygen atoms in total. The normalized spacial score (nSPS) is 11.6. The minimum atomic E-state index is -0.907. The quantitative estimate of drug-likeness (QED) is 0.495. The van der Waals surface area contributed by atoms with E-state index >= 15 is 0 Å². The number of ketones is 1. The number of benzene rings is 2. The number of esters is 1. The van der Waals surface area contributed by atoms with E-state index in [1.165, 1.54) is 11.0 Å². The van der Waals surface area contributed by atoms with Crippen LogP contribution in [0.3, 0.4) is 0 Å². The largest absolute Gasteiger partial charge is 0.497 e. The summed E-state index contributed by atoms with van der Waals surface area (Å²) in [6, 6.07) is 13.2. The summed E-state index contributed by atoms with van der Waals surface area (Å²) >= 11 is 0. The van der Waals surface area contributed by atoms with Gasteiger partial charge in [0.1, 0.15) is 12.1 Å². The third kappa shape index (κ3) is 3.75. The fraction of sp³-hybridized carbons (Fsp3) is 0.167. The van der Waals surface area contributed by atoms with E-state index in [1.54, 1.807) is 62.6 Å². The lowest BCUT2D eigenvalue weighted by Crippen LogP contribution is -2.24. The summed E-state index contributed by atoms with van der Waals surface area (Å²) in [5.74, 6) is -0.220. The van der Waals surface area contributed by atoms with E-state index in [9.17, 15) is 9.59 Å². The van der Waals surface area contributed by atoms with Gasteiger partial charge in [-0.25, -0.2) is 9.48 Å². The van der Waals surface area contributed by atoms with Gasteiger partial charge in [-0.1, -0.05) is 0 Å².